The third-order valence-electron chi connectivity index (χ3n) is 6.48. The predicted octanol–water partition coefficient (Wildman–Crippen LogP) is 4.42. The van der Waals surface area contributed by atoms with Crippen molar-refractivity contribution in [1.82, 2.24) is 5.32 Å². The van der Waals surface area contributed by atoms with E-state index in [0.29, 0.717) is 6.61 Å². The molecule has 3 aromatic rings. The van der Waals surface area contributed by atoms with Gasteiger partial charge in [-0.1, -0.05) is 97.9 Å². The van der Waals surface area contributed by atoms with Crippen LogP contribution in [0.4, 0.5) is 0 Å². The van der Waals surface area contributed by atoms with E-state index in [0.717, 1.165) is 16.7 Å². The zero-order valence-electron chi connectivity index (χ0n) is 22.2. The van der Waals surface area contributed by atoms with Gasteiger partial charge in [-0.05, 0) is 30.5 Å². The lowest BCUT2D eigenvalue weighted by Gasteiger charge is -2.32. The maximum absolute atomic E-state index is 13.5. The third kappa shape index (κ3) is 8.52. The second-order valence-electron chi connectivity index (χ2n) is 9.62. The molecule has 0 aromatic heterocycles. The van der Waals surface area contributed by atoms with Gasteiger partial charge in [0.2, 0.25) is 5.91 Å². The summed E-state index contributed by atoms with van der Waals surface area (Å²) in [4.78, 5) is 26.4. The van der Waals surface area contributed by atoms with Crippen LogP contribution in [0.5, 0.6) is 0 Å². The second-order valence-corrected chi connectivity index (χ2v) is 9.62. The van der Waals surface area contributed by atoms with Gasteiger partial charge in [-0.15, -0.1) is 0 Å². The van der Waals surface area contributed by atoms with E-state index in [1.54, 1.807) is 0 Å². The van der Waals surface area contributed by atoms with Crippen molar-refractivity contribution in [2.75, 3.05) is 6.61 Å². The first-order chi connectivity index (χ1) is 18.3. The molecule has 3 rings (SSSR count). The maximum atomic E-state index is 13.5. The lowest BCUT2D eigenvalue weighted by Crippen LogP contribution is -2.59. The van der Waals surface area contributed by atoms with E-state index in [-0.39, 0.29) is 25.2 Å². The van der Waals surface area contributed by atoms with Gasteiger partial charge in [-0.2, -0.15) is 0 Å². The number of hydrogen-bond donors (Lipinski definition) is 2. The molecule has 38 heavy (non-hydrogen) atoms. The summed E-state index contributed by atoms with van der Waals surface area (Å²) in [5.41, 5.74) is 1.08. The number of ether oxygens (including phenoxy) is 3. The van der Waals surface area contributed by atoms with Crippen molar-refractivity contribution in [1.29, 1.82) is 0 Å². The van der Waals surface area contributed by atoms with Crippen LogP contribution in [-0.2, 0) is 43.6 Å². The molecule has 4 atom stereocenters. The molecule has 0 saturated heterocycles. The molecule has 202 valence electrons. The van der Waals surface area contributed by atoms with Crippen LogP contribution in [-0.4, -0.2) is 41.3 Å². The number of aliphatic hydroxyl groups is 1. The Morgan fingerprint density at radius 3 is 1.68 bits per heavy atom. The van der Waals surface area contributed by atoms with Gasteiger partial charge in [0.25, 0.3) is 0 Å². The SMILES string of the molecule is C[C@@H]([C@@H](C)OCc1ccccc1)[C@@H](OCc1ccccc1)C(=O)N[C@@](C)(CO)C(=O)OCc1ccccc1. The Morgan fingerprint density at radius 2 is 1.21 bits per heavy atom. The average Bonchev–Trinajstić information content (AvgIpc) is 2.96. The number of esters is 1. The Bertz CT molecular complexity index is 1120. The van der Waals surface area contributed by atoms with Gasteiger partial charge in [0, 0.05) is 5.92 Å². The van der Waals surface area contributed by atoms with Crippen LogP contribution in [0.1, 0.15) is 37.5 Å². The fraction of sp³-hybridized carbons (Fsp3) is 0.355. The normalized spacial score (nSPS) is 15.1. The maximum Gasteiger partial charge on any atom is 0.334 e. The van der Waals surface area contributed by atoms with Crippen molar-refractivity contribution in [2.24, 2.45) is 5.92 Å². The molecular weight excluding hydrogens is 482 g/mol. The minimum absolute atomic E-state index is 0.0276. The Labute approximate surface area is 224 Å². The highest BCUT2D eigenvalue weighted by Crippen LogP contribution is 2.20. The molecule has 0 spiro atoms. The summed E-state index contributed by atoms with van der Waals surface area (Å²) in [6, 6.07) is 28.5. The molecule has 0 aliphatic heterocycles. The number of hydrogen-bond acceptors (Lipinski definition) is 6. The Balaban J connectivity index is 1.70. The highest BCUT2D eigenvalue weighted by Gasteiger charge is 2.40. The predicted molar refractivity (Wildman–Crippen MR) is 145 cm³/mol. The number of carbonyl (C=O) groups excluding carboxylic acids is 2. The van der Waals surface area contributed by atoms with Crippen molar-refractivity contribution in [3.63, 3.8) is 0 Å². The van der Waals surface area contributed by atoms with Crippen molar-refractivity contribution in [3.8, 4) is 0 Å². The van der Waals surface area contributed by atoms with Crippen LogP contribution >= 0.6 is 0 Å². The van der Waals surface area contributed by atoms with E-state index < -0.39 is 30.1 Å². The van der Waals surface area contributed by atoms with E-state index in [4.69, 9.17) is 14.2 Å². The zero-order valence-corrected chi connectivity index (χ0v) is 22.2. The second kappa shape index (κ2) is 14.4. The van der Waals surface area contributed by atoms with Gasteiger partial charge in [0.1, 0.15) is 12.7 Å². The molecule has 2 N–H and O–H groups in total. The molecule has 0 aliphatic carbocycles. The van der Waals surface area contributed by atoms with Crippen LogP contribution in [0, 0.1) is 5.92 Å². The molecule has 0 aliphatic rings. The quantitative estimate of drug-likeness (QED) is 0.306. The summed E-state index contributed by atoms with van der Waals surface area (Å²) >= 11 is 0. The molecule has 0 bridgehead atoms. The fourth-order valence-corrected chi connectivity index (χ4v) is 3.81. The van der Waals surface area contributed by atoms with Crippen molar-refractivity contribution in [2.45, 2.75) is 58.3 Å². The monoisotopic (exact) mass is 519 g/mol. The summed E-state index contributed by atoms with van der Waals surface area (Å²) in [5.74, 6) is -1.64. The van der Waals surface area contributed by atoms with Crippen LogP contribution in [0.3, 0.4) is 0 Å². The fourth-order valence-electron chi connectivity index (χ4n) is 3.81. The van der Waals surface area contributed by atoms with E-state index in [9.17, 15) is 14.7 Å². The first-order valence-electron chi connectivity index (χ1n) is 12.8. The standard InChI is InChI=1S/C31H37NO6/c1-23(24(2)36-19-25-13-7-4-8-14-25)28(37-20-26-15-9-5-10-16-26)29(34)32-31(3,22-33)30(35)38-21-27-17-11-6-12-18-27/h4-18,23-24,28,33H,19-22H2,1-3H3,(H,32,34)/t23-,24+,28+,31-/m0/s1. The van der Waals surface area contributed by atoms with Crippen LogP contribution in [0.25, 0.3) is 0 Å². The third-order valence-corrected chi connectivity index (χ3v) is 6.48. The van der Waals surface area contributed by atoms with E-state index in [1.165, 1.54) is 6.92 Å². The molecule has 7 nitrogen and oxygen atoms in total. The summed E-state index contributed by atoms with van der Waals surface area (Å²) in [6.07, 6.45) is -1.29. The number of aliphatic hydroxyl groups excluding tert-OH is 1. The summed E-state index contributed by atoms with van der Waals surface area (Å²) in [6.45, 7) is 5.18. The van der Waals surface area contributed by atoms with E-state index >= 15 is 0 Å². The topological polar surface area (TPSA) is 94.1 Å². The smallest absolute Gasteiger partial charge is 0.334 e. The Morgan fingerprint density at radius 1 is 0.763 bits per heavy atom. The number of amides is 1. The van der Waals surface area contributed by atoms with Gasteiger partial charge in [0.05, 0.1) is 25.9 Å². The van der Waals surface area contributed by atoms with Gasteiger partial charge in [0.15, 0.2) is 5.54 Å². The number of rotatable bonds is 14. The molecule has 7 heteroatoms. The summed E-state index contributed by atoms with van der Waals surface area (Å²) < 4.78 is 17.6. The van der Waals surface area contributed by atoms with Crippen LogP contribution in [0.2, 0.25) is 0 Å². The van der Waals surface area contributed by atoms with Crippen molar-refractivity contribution in [3.05, 3.63) is 108 Å². The molecular formula is C31H37NO6. The minimum Gasteiger partial charge on any atom is -0.459 e. The number of benzene rings is 3. The minimum atomic E-state index is -1.64. The van der Waals surface area contributed by atoms with Crippen molar-refractivity contribution >= 4 is 11.9 Å². The van der Waals surface area contributed by atoms with Gasteiger partial charge >= 0.3 is 5.97 Å². The van der Waals surface area contributed by atoms with Crippen LogP contribution in [0.15, 0.2) is 91.0 Å². The molecule has 1 amide bonds. The highest BCUT2D eigenvalue weighted by molar-refractivity contribution is 5.90. The molecule has 0 fully saturated rings. The van der Waals surface area contributed by atoms with Crippen molar-refractivity contribution < 1.29 is 28.9 Å². The first kappa shape index (κ1) is 29.0. The molecule has 0 saturated carbocycles. The van der Waals surface area contributed by atoms with Crippen LogP contribution < -0.4 is 5.32 Å². The molecule has 0 radical (unpaired) electrons. The van der Waals surface area contributed by atoms with E-state index in [2.05, 4.69) is 5.32 Å². The highest BCUT2D eigenvalue weighted by atomic mass is 16.5. The number of nitrogens with one attached hydrogen (secondary N) is 1. The summed E-state index contributed by atoms with van der Waals surface area (Å²) in [7, 11) is 0. The first-order valence-corrected chi connectivity index (χ1v) is 12.8. The Kier molecular flexibility index (Phi) is 11.0. The lowest BCUT2D eigenvalue weighted by molar-refractivity contribution is -0.160. The molecule has 0 heterocycles. The Hall–Kier alpha value is -3.52. The van der Waals surface area contributed by atoms with Gasteiger partial charge in [-0.25, -0.2) is 4.79 Å². The van der Waals surface area contributed by atoms with Gasteiger partial charge in [-0.3, -0.25) is 4.79 Å². The zero-order chi connectivity index (χ0) is 27.4. The van der Waals surface area contributed by atoms with Gasteiger partial charge < -0.3 is 24.6 Å². The average molecular weight is 520 g/mol. The molecule has 0 unspecified atom stereocenters. The lowest BCUT2D eigenvalue weighted by atomic mass is 9.96. The largest absolute Gasteiger partial charge is 0.459 e. The van der Waals surface area contributed by atoms with E-state index in [1.807, 2.05) is 105 Å². The number of carbonyl (C=O) groups is 2. The summed E-state index contributed by atoms with van der Waals surface area (Å²) in [5, 5.41) is 12.7. The molecule has 3 aromatic carbocycles.